The summed E-state index contributed by atoms with van der Waals surface area (Å²) in [6, 6.07) is 8.90. The number of rotatable bonds is 6. The highest BCUT2D eigenvalue weighted by molar-refractivity contribution is 5.66. The molecule has 2 rings (SSSR count). The van der Waals surface area contributed by atoms with Gasteiger partial charge in [-0.1, -0.05) is 68.0 Å². The predicted molar refractivity (Wildman–Crippen MR) is 85.2 cm³/mol. The van der Waals surface area contributed by atoms with Crippen LogP contribution in [0.3, 0.4) is 0 Å². The molecule has 1 aromatic rings. The average Bonchev–Trinajstić information content (AvgIpc) is 3.26. The smallest absolute Gasteiger partial charge is 0.00152 e. The van der Waals surface area contributed by atoms with E-state index in [1.165, 1.54) is 35.1 Å². The van der Waals surface area contributed by atoms with Gasteiger partial charge in [0.15, 0.2) is 0 Å². The van der Waals surface area contributed by atoms with E-state index in [2.05, 4.69) is 75.1 Å². The summed E-state index contributed by atoms with van der Waals surface area (Å²) in [6.07, 6.45) is 13.0. The highest BCUT2D eigenvalue weighted by Crippen LogP contribution is 2.24. The van der Waals surface area contributed by atoms with Crippen molar-refractivity contribution in [2.24, 2.45) is 0 Å². The highest BCUT2D eigenvalue weighted by Gasteiger charge is 2.06. The van der Waals surface area contributed by atoms with E-state index < -0.39 is 0 Å². The van der Waals surface area contributed by atoms with Crippen molar-refractivity contribution in [2.75, 3.05) is 0 Å². The molecule has 0 saturated carbocycles. The van der Waals surface area contributed by atoms with Gasteiger partial charge in [0.2, 0.25) is 0 Å². The van der Waals surface area contributed by atoms with E-state index in [9.17, 15) is 0 Å². The summed E-state index contributed by atoms with van der Waals surface area (Å²) in [5.74, 6) is 0.487. The van der Waals surface area contributed by atoms with E-state index in [1.54, 1.807) is 0 Å². The van der Waals surface area contributed by atoms with E-state index in [1.807, 2.05) is 0 Å². The van der Waals surface area contributed by atoms with Crippen LogP contribution in [0.4, 0.5) is 0 Å². The van der Waals surface area contributed by atoms with Crippen molar-refractivity contribution >= 4 is 5.57 Å². The molecule has 0 radical (unpaired) electrons. The zero-order valence-corrected chi connectivity index (χ0v) is 11.9. The molecule has 1 unspecified atom stereocenters. The van der Waals surface area contributed by atoms with Crippen LogP contribution in [0.5, 0.6) is 0 Å². The first-order valence-corrected chi connectivity index (χ1v) is 7.04. The normalized spacial score (nSPS) is 15.3. The number of allylic oxidation sites excluding steroid dienone is 7. The van der Waals surface area contributed by atoms with Gasteiger partial charge in [0.05, 0.1) is 0 Å². The largest absolute Gasteiger partial charge is 0.102 e. The van der Waals surface area contributed by atoms with Gasteiger partial charge in [0.1, 0.15) is 0 Å². The minimum atomic E-state index is 0.487. The molecule has 0 N–H and O–H groups in total. The number of benzene rings is 1. The lowest BCUT2D eigenvalue weighted by atomic mass is 9.93. The molecule has 1 atom stereocenters. The molecule has 0 bridgehead atoms. The molecule has 0 amide bonds. The first kappa shape index (κ1) is 13.6. The Bertz CT molecular complexity index is 516. The van der Waals surface area contributed by atoms with Gasteiger partial charge in [-0.2, -0.15) is 0 Å². The third-order valence-corrected chi connectivity index (χ3v) is 3.56. The van der Waals surface area contributed by atoms with Gasteiger partial charge < -0.3 is 0 Å². The van der Waals surface area contributed by atoms with Gasteiger partial charge in [-0.15, -0.1) is 6.58 Å². The van der Waals surface area contributed by atoms with Crippen LogP contribution < -0.4 is 0 Å². The lowest BCUT2D eigenvalue weighted by molar-refractivity contribution is 0.718. The third kappa shape index (κ3) is 3.82. The average molecular weight is 250 g/mol. The van der Waals surface area contributed by atoms with Crippen LogP contribution in [-0.2, 0) is 0 Å². The van der Waals surface area contributed by atoms with Gasteiger partial charge in [-0.3, -0.25) is 0 Å². The summed E-state index contributed by atoms with van der Waals surface area (Å²) >= 11 is 0. The lowest BCUT2D eigenvalue weighted by Gasteiger charge is -2.12. The molecule has 0 heterocycles. The first-order chi connectivity index (χ1) is 9.24. The van der Waals surface area contributed by atoms with Crippen molar-refractivity contribution in [1.82, 2.24) is 0 Å². The number of hydrogen-bond donors (Lipinski definition) is 0. The summed E-state index contributed by atoms with van der Waals surface area (Å²) in [7, 11) is 0. The standard InChI is InChI=1S/C19H22/c1-4-6-17(5-2)19-13-11-18(12-14-19)15(3)7-8-16-9-10-16/h5,7-14,17H,2,4,6H2,1,3H3/b15-7+. The van der Waals surface area contributed by atoms with Crippen LogP contribution in [0.2, 0.25) is 0 Å². The van der Waals surface area contributed by atoms with Crippen LogP contribution in [-0.4, -0.2) is 0 Å². The third-order valence-electron chi connectivity index (χ3n) is 3.56. The van der Waals surface area contributed by atoms with Gasteiger partial charge in [0.25, 0.3) is 0 Å². The van der Waals surface area contributed by atoms with Crippen LogP contribution in [0.15, 0.2) is 66.8 Å². The Morgan fingerprint density at radius 1 is 1.21 bits per heavy atom. The van der Waals surface area contributed by atoms with E-state index in [-0.39, 0.29) is 0 Å². The van der Waals surface area contributed by atoms with Gasteiger partial charge in [-0.05, 0) is 35.6 Å². The van der Waals surface area contributed by atoms with E-state index in [0.717, 1.165) is 0 Å². The number of hydrogen-bond acceptors (Lipinski definition) is 0. The van der Waals surface area contributed by atoms with Gasteiger partial charge in [0, 0.05) is 5.92 Å². The Hall–Kier alpha value is -1.82. The fourth-order valence-electron chi connectivity index (χ4n) is 2.20. The van der Waals surface area contributed by atoms with E-state index >= 15 is 0 Å². The fourth-order valence-corrected chi connectivity index (χ4v) is 2.20. The zero-order valence-electron chi connectivity index (χ0n) is 11.9. The van der Waals surface area contributed by atoms with Crippen molar-refractivity contribution < 1.29 is 0 Å². The Kier molecular flexibility index (Phi) is 4.57. The highest BCUT2D eigenvalue weighted by atomic mass is 14.1. The first-order valence-electron chi connectivity index (χ1n) is 7.04. The quantitative estimate of drug-likeness (QED) is 0.572. The predicted octanol–water partition coefficient (Wildman–Crippen LogP) is 5.66. The fraction of sp³-hybridized carbons (Fsp3) is 0.263. The second-order valence-electron chi connectivity index (χ2n) is 5.10. The molecule has 0 aliphatic heterocycles. The minimum Gasteiger partial charge on any atom is -0.102 e. The maximum Gasteiger partial charge on any atom is 0.00152 e. The second-order valence-corrected chi connectivity index (χ2v) is 5.10. The SMILES string of the molecule is C=CC(CCC)c1ccc(/C(C)=C/C=C2C=C2)cc1. The van der Waals surface area contributed by atoms with Crippen molar-refractivity contribution in [3.63, 3.8) is 0 Å². The molecule has 0 heteroatoms. The van der Waals surface area contributed by atoms with Gasteiger partial charge in [-0.25, -0.2) is 0 Å². The van der Waals surface area contributed by atoms with Crippen LogP contribution in [0, 0.1) is 0 Å². The topological polar surface area (TPSA) is 0 Å². The second kappa shape index (κ2) is 6.38. The molecule has 0 saturated heterocycles. The molecular formula is C19H22. The molecule has 0 aromatic heterocycles. The van der Waals surface area contributed by atoms with E-state index in [0.29, 0.717) is 5.92 Å². The molecule has 0 fully saturated rings. The molecule has 98 valence electrons. The van der Waals surface area contributed by atoms with E-state index in [4.69, 9.17) is 0 Å². The maximum absolute atomic E-state index is 3.94. The molecule has 0 spiro atoms. The molecule has 1 aliphatic rings. The summed E-state index contributed by atoms with van der Waals surface area (Å²) in [4.78, 5) is 0. The van der Waals surface area contributed by atoms with Crippen molar-refractivity contribution in [1.29, 1.82) is 0 Å². The lowest BCUT2D eigenvalue weighted by Crippen LogP contribution is -1.94. The Balaban J connectivity index is 2.10. The van der Waals surface area contributed by atoms with Crippen LogP contribution in [0.25, 0.3) is 5.57 Å². The molecule has 1 aromatic carbocycles. The molecule has 1 aliphatic carbocycles. The molecule has 19 heavy (non-hydrogen) atoms. The Morgan fingerprint density at radius 2 is 1.89 bits per heavy atom. The summed E-state index contributed by atoms with van der Waals surface area (Å²) in [5.41, 5.74) is 5.29. The van der Waals surface area contributed by atoms with Crippen molar-refractivity contribution in [3.05, 3.63) is 77.9 Å². The summed E-state index contributed by atoms with van der Waals surface area (Å²) in [5, 5.41) is 0. The monoisotopic (exact) mass is 250 g/mol. The van der Waals surface area contributed by atoms with Crippen molar-refractivity contribution in [3.8, 4) is 0 Å². The van der Waals surface area contributed by atoms with Crippen LogP contribution >= 0.6 is 0 Å². The van der Waals surface area contributed by atoms with Crippen LogP contribution in [0.1, 0.15) is 43.7 Å². The molecule has 0 nitrogen and oxygen atoms in total. The summed E-state index contributed by atoms with van der Waals surface area (Å²) < 4.78 is 0. The Morgan fingerprint density at radius 3 is 2.42 bits per heavy atom. The maximum atomic E-state index is 3.94. The summed E-state index contributed by atoms with van der Waals surface area (Å²) in [6.45, 7) is 8.32. The zero-order chi connectivity index (χ0) is 13.7. The molecular weight excluding hydrogens is 228 g/mol. The van der Waals surface area contributed by atoms with Crippen molar-refractivity contribution in [2.45, 2.75) is 32.6 Å². The minimum absolute atomic E-state index is 0.487. The van der Waals surface area contributed by atoms with Gasteiger partial charge >= 0.3 is 0 Å². The Labute approximate surface area is 116 Å².